The highest BCUT2D eigenvalue weighted by atomic mass is 35.5. The van der Waals surface area contributed by atoms with Crippen LogP contribution in [0.2, 0.25) is 5.02 Å². The maximum Gasteiger partial charge on any atom is 0.357 e. The van der Waals surface area contributed by atoms with E-state index in [4.69, 9.17) is 16.3 Å². The second kappa shape index (κ2) is 8.37. The standard InChI is InChI=1S/C19H15ClN4O3/c1-13-21-22-23-24(13)17(11-14-5-3-2-4-6-14)19(26)27-12-18(25)15-7-9-16(20)10-8-15/h2-11H,12H2,1H3/b17-11-. The Labute approximate surface area is 160 Å². The first-order chi connectivity index (χ1) is 13.0. The molecule has 0 aliphatic heterocycles. The summed E-state index contributed by atoms with van der Waals surface area (Å²) in [7, 11) is 0. The first-order valence-electron chi connectivity index (χ1n) is 8.02. The maximum absolute atomic E-state index is 12.6. The summed E-state index contributed by atoms with van der Waals surface area (Å²) in [5, 5.41) is 11.7. The Hall–Kier alpha value is -3.32. The monoisotopic (exact) mass is 382 g/mol. The summed E-state index contributed by atoms with van der Waals surface area (Å²) in [5.41, 5.74) is 1.27. The number of benzene rings is 2. The summed E-state index contributed by atoms with van der Waals surface area (Å²) in [6, 6.07) is 15.5. The third kappa shape index (κ3) is 4.65. The minimum Gasteiger partial charge on any atom is -0.453 e. The van der Waals surface area contributed by atoms with Gasteiger partial charge in [0, 0.05) is 10.6 Å². The summed E-state index contributed by atoms with van der Waals surface area (Å²) in [4.78, 5) is 24.8. The third-order valence-corrected chi connectivity index (χ3v) is 3.92. The number of ether oxygens (including phenoxy) is 1. The number of carbonyl (C=O) groups excluding carboxylic acids is 2. The molecule has 0 spiro atoms. The van der Waals surface area contributed by atoms with Crippen LogP contribution in [0.5, 0.6) is 0 Å². The molecule has 1 heterocycles. The molecule has 0 fully saturated rings. The average molecular weight is 383 g/mol. The molecule has 0 saturated heterocycles. The Morgan fingerprint density at radius 3 is 2.44 bits per heavy atom. The fraction of sp³-hybridized carbons (Fsp3) is 0.105. The zero-order chi connectivity index (χ0) is 19.2. The minimum atomic E-state index is -0.712. The van der Waals surface area contributed by atoms with Gasteiger partial charge in [0.1, 0.15) is 0 Å². The lowest BCUT2D eigenvalue weighted by atomic mass is 10.1. The predicted octanol–water partition coefficient (Wildman–Crippen LogP) is 3.06. The van der Waals surface area contributed by atoms with Gasteiger partial charge >= 0.3 is 5.97 Å². The number of Topliss-reactive ketones (excluding diaryl/α,β-unsaturated/α-hetero) is 1. The van der Waals surface area contributed by atoms with E-state index < -0.39 is 12.6 Å². The Bertz CT molecular complexity index is 982. The summed E-state index contributed by atoms with van der Waals surface area (Å²) in [6.07, 6.45) is 1.60. The van der Waals surface area contributed by atoms with Crippen LogP contribution in [0.3, 0.4) is 0 Å². The van der Waals surface area contributed by atoms with E-state index in [1.807, 2.05) is 30.3 Å². The zero-order valence-electron chi connectivity index (χ0n) is 14.4. The van der Waals surface area contributed by atoms with Gasteiger partial charge in [0.05, 0.1) is 0 Å². The molecule has 0 aliphatic rings. The molecule has 0 N–H and O–H groups in total. The molecule has 0 unspecified atom stereocenters. The second-order valence-electron chi connectivity index (χ2n) is 5.58. The van der Waals surface area contributed by atoms with Gasteiger partial charge in [-0.25, -0.2) is 4.79 Å². The molecular weight excluding hydrogens is 368 g/mol. The van der Waals surface area contributed by atoms with E-state index >= 15 is 0 Å². The van der Waals surface area contributed by atoms with Crippen LogP contribution in [0.4, 0.5) is 0 Å². The van der Waals surface area contributed by atoms with Crippen molar-refractivity contribution in [3.8, 4) is 0 Å². The van der Waals surface area contributed by atoms with Gasteiger partial charge < -0.3 is 4.74 Å². The van der Waals surface area contributed by atoms with Crippen LogP contribution in [0.15, 0.2) is 54.6 Å². The molecule has 7 nitrogen and oxygen atoms in total. The van der Waals surface area contributed by atoms with Gasteiger partial charge in [-0.1, -0.05) is 41.9 Å². The van der Waals surface area contributed by atoms with Gasteiger partial charge in [0.25, 0.3) is 0 Å². The number of carbonyl (C=O) groups is 2. The molecule has 0 amide bonds. The SMILES string of the molecule is Cc1nnnn1/C(=C\c1ccccc1)C(=O)OCC(=O)c1ccc(Cl)cc1. The number of nitrogens with zero attached hydrogens (tertiary/aromatic N) is 4. The topological polar surface area (TPSA) is 87.0 Å². The lowest BCUT2D eigenvalue weighted by molar-refractivity contribution is -0.136. The first-order valence-corrected chi connectivity index (χ1v) is 8.40. The number of tetrazole rings is 1. The lowest BCUT2D eigenvalue weighted by Gasteiger charge is -2.09. The van der Waals surface area contributed by atoms with Crippen molar-refractivity contribution in [2.45, 2.75) is 6.92 Å². The first kappa shape index (κ1) is 18.5. The van der Waals surface area contributed by atoms with Crippen LogP contribution in [0.25, 0.3) is 11.8 Å². The average Bonchev–Trinajstić information content (AvgIpc) is 3.11. The van der Waals surface area contributed by atoms with E-state index in [-0.39, 0.29) is 11.5 Å². The second-order valence-corrected chi connectivity index (χ2v) is 6.02. The van der Waals surface area contributed by atoms with Gasteiger partial charge in [-0.2, -0.15) is 4.68 Å². The van der Waals surface area contributed by atoms with E-state index in [2.05, 4.69) is 15.5 Å². The molecule has 3 aromatic rings. The third-order valence-electron chi connectivity index (χ3n) is 3.67. The summed E-state index contributed by atoms with van der Waals surface area (Å²) in [5.74, 6) is -0.637. The Kier molecular flexibility index (Phi) is 5.73. The molecule has 0 saturated carbocycles. The van der Waals surface area contributed by atoms with Gasteiger partial charge in [-0.15, -0.1) is 5.10 Å². The lowest BCUT2D eigenvalue weighted by Crippen LogP contribution is -2.19. The van der Waals surface area contributed by atoms with Crippen LogP contribution in [0, 0.1) is 6.92 Å². The summed E-state index contributed by atoms with van der Waals surface area (Å²) in [6.45, 7) is 1.25. The van der Waals surface area contributed by atoms with Crippen LogP contribution >= 0.6 is 11.6 Å². The van der Waals surface area contributed by atoms with Crippen molar-refractivity contribution in [3.05, 3.63) is 76.6 Å². The van der Waals surface area contributed by atoms with Gasteiger partial charge in [0.15, 0.2) is 23.9 Å². The van der Waals surface area contributed by atoms with Crippen molar-refractivity contribution >= 4 is 35.1 Å². The smallest absolute Gasteiger partial charge is 0.357 e. The fourth-order valence-electron chi connectivity index (χ4n) is 2.29. The van der Waals surface area contributed by atoms with E-state index in [0.29, 0.717) is 16.4 Å². The molecule has 0 aliphatic carbocycles. The van der Waals surface area contributed by atoms with E-state index in [9.17, 15) is 9.59 Å². The molecule has 8 heteroatoms. The quantitative estimate of drug-likeness (QED) is 0.370. The number of hydrogen-bond donors (Lipinski definition) is 0. The van der Waals surface area contributed by atoms with Crippen LogP contribution in [-0.2, 0) is 9.53 Å². The Morgan fingerprint density at radius 1 is 1.11 bits per heavy atom. The number of halogens is 1. The van der Waals surface area contributed by atoms with E-state index in [1.54, 1.807) is 37.3 Å². The van der Waals surface area contributed by atoms with E-state index in [1.165, 1.54) is 4.68 Å². The van der Waals surface area contributed by atoms with Crippen molar-refractivity contribution in [2.75, 3.05) is 6.61 Å². The zero-order valence-corrected chi connectivity index (χ0v) is 15.1. The molecular formula is C19H15ClN4O3. The van der Waals surface area contributed by atoms with Crippen molar-refractivity contribution in [1.29, 1.82) is 0 Å². The number of esters is 1. The number of aryl methyl sites for hydroxylation is 1. The summed E-state index contributed by atoms with van der Waals surface area (Å²) < 4.78 is 6.46. The van der Waals surface area contributed by atoms with Gasteiger partial charge in [-0.3, -0.25) is 4.79 Å². The molecule has 0 atom stereocenters. The van der Waals surface area contributed by atoms with Crippen molar-refractivity contribution in [1.82, 2.24) is 20.2 Å². The molecule has 0 radical (unpaired) electrons. The van der Waals surface area contributed by atoms with Crippen molar-refractivity contribution < 1.29 is 14.3 Å². The highest BCUT2D eigenvalue weighted by molar-refractivity contribution is 6.30. The highest BCUT2D eigenvalue weighted by Crippen LogP contribution is 2.15. The Morgan fingerprint density at radius 2 is 1.81 bits per heavy atom. The van der Waals surface area contributed by atoms with E-state index in [0.717, 1.165) is 5.56 Å². The number of rotatable bonds is 6. The van der Waals surface area contributed by atoms with Crippen LogP contribution < -0.4 is 0 Å². The van der Waals surface area contributed by atoms with Gasteiger partial charge in [-0.05, 0) is 53.3 Å². The molecule has 136 valence electrons. The molecule has 0 bridgehead atoms. The summed E-state index contributed by atoms with van der Waals surface area (Å²) >= 11 is 5.81. The van der Waals surface area contributed by atoms with Crippen LogP contribution in [0.1, 0.15) is 21.7 Å². The van der Waals surface area contributed by atoms with Gasteiger partial charge in [0.2, 0.25) is 0 Å². The Balaban J connectivity index is 1.79. The number of aromatic nitrogens is 4. The van der Waals surface area contributed by atoms with Crippen LogP contribution in [-0.4, -0.2) is 38.6 Å². The molecule has 2 aromatic carbocycles. The number of ketones is 1. The highest BCUT2D eigenvalue weighted by Gasteiger charge is 2.19. The maximum atomic E-state index is 12.6. The molecule has 3 rings (SSSR count). The molecule has 1 aromatic heterocycles. The number of hydrogen-bond acceptors (Lipinski definition) is 6. The van der Waals surface area contributed by atoms with Crippen molar-refractivity contribution in [2.24, 2.45) is 0 Å². The fourth-order valence-corrected chi connectivity index (χ4v) is 2.42. The van der Waals surface area contributed by atoms with Crippen molar-refractivity contribution in [3.63, 3.8) is 0 Å². The largest absolute Gasteiger partial charge is 0.453 e. The predicted molar refractivity (Wildman–Crippen MR) is 99.9 cm³/mol. The normalized spacial score (nSPS) is 11.3. The minimum absolute atomic E-state index is 0.104. The molecule has 27 heavy (non-hydrogen) atoms.